The van der Waals surface area contributed by atoms with Crippen LogP contribution in [0.15, 0.2) is 36.9 Å². The Morgan fingerprint density at radius 1 is 1.22 bits per heavy atom. The number of esters is 1. The first-order valence-electron chi connectivity index (χ1n) is 12.8. The van der Waals surface area contributed by atoms with E-state index in [9.17, 15) is 22.5 Å². The van der Waals surface area contributed by atoms with Gasteiger partial charge in [-0.1, -0.05) is 19.1 Å². The average Bonchev–Trinajstić information content (AvgIpc) is 3.32. The molecule has 16 heteroatoms. The Balaban J connectivity index is 1.89. The number of nitrogens with one attached hydrogen (secondary N) is 2. The van der Waals surface area contributed by atoms with Crippen molar-refractivity contribution in [1.82, 2.24) is 29.7 Å². The monoisotopic (exact) mass is 601 g/mol. The summed E-state index contributed by atoms with van der Waals surface area (Å²) in [6.07, 6.45) is -2.95. The molecule has 4 N–H and O–H groups in total. The Kier molecular flexibility index (Phi) is 10.3. The molecule has 0 aliphatic rings. The van der Waals surface area contributed by atoms with E-state index in [0.717, 1.165) is 0 Å². The van der Waals surface area contributed by atoms with E-state index in [1.807, 2.05) is 0 Å². The summed E-state index contributed by atoms with van der Waals surface area (Å²) in [4.78, 5) is 24.9. The molecule has 12 nitrogen and oxygen atoms in total. The van der Waals surface area contributed by atoms with Crippen molar-refractivity contribution >= 4 is 30.4 Å². The highest BCUT2D eigenvalue weighted by atomic mass is 31.2. The number of hydrogen-bond acceptors (Lipinski definition) is 9. The van der Waals surface area contributed by atoms with Gasteiger partial charge in [0.1, 0.15) is 35.5 Å². The lowest BCUT2D eigenvalue weighted by molar-refractivity contribution is -0.153. The standard InChI is InChI=1S/C25H35F3N7O5P/c1-6-10-39-23(36)24(3,4)34-41(37,33-20(25(26,27)28)17-8-7-9-18(11-17)38-5)15-40-16(2)12-35-14-32-19-21(29)30-13-31-22(19)35/h7-9,11,13-14,16,20H,6,10,12,15H2,1-5H3,(H2,29,30,31)(H2,33,34,37)/t16-,20+,41?/m1/s1. The normalized spacial score (nSPS) is 15.3. The highest BCUT2D eigenvalue weighted by molar-refractivity contribution is 7.59. The third kappa shape index (κ3) is 8.38. The van der Waals surface area contributed by atoms with Gasteiger partial charge in [0, 0.05) is 0 Å². The molecular weight excluding hydrogens is 566 g/mol. The summed E-state index contributed by atoms with van der Waals surface area (Å²) in [5.41, 5.74) is 4.79. The predicted octanol–water partition coefficient (Wildman–Crippen LogP) is 4.19. The number of alkyl halides is 3. The van der Waals surface area contributed by atoms with Crippen molar-refractivity contribution in [2.24, 2.45) is 0 Å². The largest absolute Gasteiger partial charge is 0.497 e. The van der Waals surface area contributed by atoms with Gasteiger partial charge in [0.15, 0.2) is 11.5 Å². The van der Waals surface area contributed by atoms with Crippen LogP contribution in [0, 0.1) is 0 Å². The van der Waals surface area contributed by atoms with Gasteiger partial charge in [-0.25, -0.2) is 25.1 Å². The fourth-order valence-corrected chi connectivity index (χ4v) is 6.31. The lowest BCUT2D eigenvalue weighted by atomic mass is 10.1. The number of carbonyl (C=O) groups excluding carboxylic acids is 1. The van der Waals surface area contributed by atoms with Crippen molar-refractivity contribution in [2.75, 3.05) is 25.8 Å². The van der Waals surface area contributed by atoms with Crippen LogP contribution in [0.3, 0.4) is 0 Å². The third-order valence-electron chi connectivity index (χ3n) is 5.92. The molecule has 0 bridgehead atoms. The van der Waals surface area contributed by atoms with Crippen LogP contribution in [-0.2, 0) is 25.4 Å². The van der Waals surface area contributed by atoms with E-state index >= 15 is 0 Å². The number of fused-ring (bicyclic) bond motifs is 1. The van der Waals surface area contributed by atoms with Gasteiger partial charge in [0.2, 0.25) is 7.44 Å². The average molecular weight is 602 g/mol. The smallest absolute Gasteiger partial charge is 0.408 e. The van der Waals surface area contributed by atoms with Gasteiger partial charge in [-0.05, 0) is 44.9 Å². The van der Waals surface area contributed by atoms with Crippen LogP contribution >= 0.6 is 7.44 Å². The zero-order valence-electron chi connectivity index (χ0n) is 23.4. The summed E-state index contributed by atoms with van der Waals surface area (Å²) in [7, 11) is -3.00. The van der Waals surface area contributed by atoms with Crippen molar-refractivity contribution in [3.8, 4) is 5.75 Å². The van der Waals surface area contributed by atoms with Gasteiger partial charge in [-0.15, -0.1) is 0 Å². The minimum Gasteiger partial charge on any atom is -0.497 e. The Bertz CT molecular complexity index is 1390. The molecule has 2 aromatic heterocycles. The van der Waals surface area contributed by atoms with Crippen molar-refractivity contribution in [3.63, 3.8) is 0 Å². The van der Waals surface area contributed by atoms with Crippen LogP contribution in [0.25, 0.3) is 11.2 Å². The summed E-state index contributed by atoms with van der Waals surface area (Å²) < 4.78 is 74.9. The highest BCUT2D eigenvalue weighted by Crippen LogP contribution is 2.47. The second-order valence-corrected chi connectivity index (χ2v) is 12.1. The highest BCUT2D eigenvalue weighted by Gasteiger charge is 2.47. The molecule has 0 radical (unpaired) electrons. The second kappa shape index (κ2) is 13.1. The molecule has 226 valence electrons. The van der Waals surface area contributed by atoms with Crippen LogP contribution in [0.1, 0.15) is 45.7 Å². The van der Waals surface area contributed by atoms with E-state index in [2.05, 4.69) is 25.1 Å². The Hall–Kier alpha value is -3.26. The van der Waals surface area contributed by atoms with E-state index in [4.69, 9.17) is 19.9 Å². The fraction of sp³-hybridized carbons (Fsp3) is 0.520. The summed E-state index contributed by atoms with van der Waals surface area (Å²) in [5, 5.41) is 4.82. The van der Waals surface area contributed by atoms with Crippen LogP contribution < -0.4 is 20.6 Å². The molecule has 0 aliphatic carbocycles. The number of hydrogen-bond donors (Lipinski definition) is 3. The summed E-state index contributed by atoms with van der Waals surface area (Å²) in [6.45, 7) is 6.44. The molecule has 0 amide bonds. The molecule has 3 atom stereocenters. The number of nitrogen functional groups attached to an aromatic ring is 1. The number of benzene rings is 1. The number of halogens is 3. The number of ether oxygens (including phenoxy) is 3. The van der Waals surface area contributed by atoms with Crippen LogP contribution in [0.4, 0.5) is 19.0 Å². The van der Waals surface area contributed by atoms with Gasteiger partial charge in [-0.2, -0.15) is 13.2 Å². The number of carbonyl (C=O) groups is 1. The molecule has 1 aromatic carbocycles. The SMILES string of the molecule is CCCOC(=O)C(C)(C)NP(=O)(CO[C@H](C)Cn1cnc2c(N)ncnc21)N[C@@H](c1cccc(OC)c1)C(F)(F)F. The second-order valence-electron chi connectivity index (χ2n) is 9.93. The quantitative estimate of drug-likeness (QED) is 0.180. The van der Waals surface area contributed by atoms with Crippen LogP contribution in [0.2, 0.25) is 0 Å². The number of rotatable bonds is 14. The van der Waals surface area contributed by atoms with Gasteiger partial charge in [0.05, 0.1) is 32.7 Å². The van der Waals surface area contributed by atoms with Crippen molar-refractivity contribution in [2.45, 2.75) is 64.5 Å². The van der Waals surface area contributed by atoms with E-state index < -0.39 is 43.6 Å². The van der Waals surface area contributed by atoms with Crippen molar-refractivity contribution < 1.29 is 36.7 Å². The molecule has 3 rings (SSSR count). The Morgan fingerprint density at radius 3 is 2.61 bits per heavy atom. The molecule has 0 fully saturated rings. The minimum absolute atomic E-state index is 0.0944. The maximum absolute atomic E-state index is 14.3. The predicted molar refractivity (Wildman–Crippen MR) is 146 cm³/mol. The molecule has 1 unspecified atom stereocenters. The molecule has 0 saturated heterocycles. The first-order chi connectivity index (χ1) is 19.2. The molecule has 0 aliphatic heterocycles. The van der Waals surface area contributed by atoms with E-state index in [0.29, 0.717) is 17.6 Å². The van der Waals surface area contributed by atoms with E-state index in [1.165, 1.54) is 57.9 Å². The van der Waals surface area contributed by atoms with Gasteiger partial charge in [0.25, 0.3) is 0 Å². The van der Waals surface area contributed by atoms with E-state index in [1.54, 1.807) is 18.4 Å². The maximum Gasteiger partial charge on any atom is 0.408 e. The molecular formula is C25H35F3N7O5P. The molecule has 0 saturated carbocycles. The number of methoxy groups -OCH3 is 1. The number of imidazole rings is 1. The molecule has 41 heavy (non-hydrogen) atoms. The van der Waals surface area contributed by atoms with Crippen LogP contribution in [0.5, 0.6) is 5.75 Å². The van der Waals surface area contributed by atoms with Gasteiger partial charge < -0.3 is 24.5 Å². The first-order valence-corrected chi connectivity index (χ1v) is 14.7. The van der Waals surface area contributed by atoms with Crippen molar-refractivity contribution in [1.29, 1.82) is 0 Å². The summed E-state index contributed by atoms with van der Waals surface area (Å²) in [6, 6.07) is 2.93. The maximum atomic E-state index is 14.3. The van der Waals surface area contributed by atoms with Crippen molar-refractivity contribution in [3.05, 3.63) is 42.5 Å². The minimum atomic E-state index is -4.86. The van der Waals surface area contributed by atoms with Crippen LogP contribution in [-0.4, -0.2) is 63.4 Å². The zero-order valence-corrected chi connectivity index (χ0v) is 24.3. The zero-order chi connectivity index (χ0) is 30.4. The van der Waals surface area contributed by atoms with Gasteiger partial charge in [-0.3, -0.25) is 9.36 Å². The lowest BCUT2D eigenvalue weighted by Gasteiger charge is -2.34. The molecule has 2 heterocycles. The third-order valence-corrected chi connectivity index (χ3v) is 8.03. The Morgan fingerprint density at radius 2 is 1.95 bits per heavy atom. The summed E-state index contributed by atoms with van der Waals surface area (Å²) in [5.74, 6) is -0.402. The number of nitrogens with two attached hydrogens (primary N) is 1. The van der Waals surface area contributed by atoms with E-state index in [-0.39, 0.29) is 30.3 Å². The Labute approximate surface area is 235 Å². The number of anilines is 1. The molecule has 3 aromatic rings. The number of nitrogens with zero attached hydrogens (tertiary/aromatic N) is 4. The fourth-order valence-electron chi connectivity index (χ4n) is 3.93. The topological polar surface area (TPSA) is 156 Å². The summed E-state index contributed by atoms with van der Waals surface area (Å²) >= 11 is 0. The number of aromatic nitrogens is 4. The molecule has 0 spiro atoms. The van der Waals surface area contributed by atoms with Gasteiger partial charge >= 0.3 is 12.1 Å². The first kappa shape index (κ1) is 32.3. The lowest BCUT2D eigenvalue weighted by Crippen LogP contribution is -2.50.